The van der Waals surface area contributed by atoms with E-state index in [-0.39, 0.29) is 12.5 Å². The largest absolute Gasteiger partial charge is 0.379 e. The van der Waals surface area contributed by atoms with Gasteiger partial charge in [0.25, 0.3) is 11.0 Å². The van der Waals surface area contributed by atoms with E-state index in [0.29, 0.717) is 67.0 Å². The van der Waals surface area contributed by atoms with E-state index in [1.54, 1.807) is 22.9 Å². The normalized spacial score (nSPS) is 13.4. The Hall–Kier alpha value is -3.62. The van der Waals surface area contributed by atoms with Gasteiger partial charge in [-0.3, -0.25) is 10.2 Å². The molecule has 1 amide bonds. The molecule has 0 aliphatic carbocycles. The van der Waals surface area contributed by atoms with E-state index < -0.39 is 5.09 Å². The van der Waals surface area contributed by atoms with Crippen LogP contribution in [0.2, 0.25) is 10.0 Å². The van der Waals surface area contributed by atoms with E-state index >= 15 is 0 Å². The molecule has 0 bridgehead atoms. The van der Waals surface area contributed by atoms with Crippen molar-refractivity contribution in [3.05, 3.63) is 79.4 Å². The topological polar surface area (TPSA) is 112 Å². The van der Waals surface area contributed by atoms with Crippen LogP contribution in [-0.4, -0.2) is 58.7 Å². The van der Waals surface area contributed by atoms with Crippen molar-refractivity contribution < 1.29 is 19.5 Å². The predicted octanol–water partition coefficient (Wildman–Crippen LogP) is 4.73. The fraction of sp³-hybridized carbons (Fsp3) is 0.333. The molecule has 0 spiro atoms. The molecule has 10 nitrogen and oxygen atoms in total. The fourth-order valence-corrected chi connectivity index (χ4v) is 4.63. The number of rotatable bonds is 9. The number of ether oxygens (including phenoxy) is 1. The smallest absolute Gasteiger partial charge is 0.294 e. The van der Waals surface area contributed by atoms with Gasteiger partial charge in [0.05, 0.1) is 36.2 Å². The Morgan fingerprint density at radius 3 is 2.62 bits per heavy atom. The number of nitrogens with one attached hydrogen (secondary N) is 1. The lowest BCUT2D eigenvalue weighted by Crippen LogP contribution is -2.48. The van der Waals surface area contributed by atoms with Crippen molar-refractivity contribution in [1.29, 1.82) is 0 Å². The van der Waals surface area contributed by atoms with E-state index in [0.717, 1.165) is 22.4 Å². The lowest BCUT2D eigenvalue weighted by molar-refractivity contribution is -0.757. The van der Waals surface area contributed by atoms with Crippen LogP contribution in [0.15, 0.2) is 42.5 Å². The van der Waals surface area contributed by atoms with Crippen LogP contribution >= 0.6 is 23.2 Å². The number of benzene rings is 2. The first-order valence-corrected chi connectivity index (χ1v) is 13.2. The Balaban J connectivity index is 1.66. The second kappa shape index (κ2) is 13.4. The van der Waals surface area contributed by atoms with Crippen LogP contribution in [0.4, 0.5) is 0 Å². The third-order valence-corrected chi connectivity index (χ3v) is 6.53. The van der Waals surface area contributed by atoms with E-state index in [1.807, 2.05) is 36.2 Å². The molecule has 1 saturated heterocycles. The molecule has 1 N–H and O–H groups in total. The zero-order chi connectivity index (χ0) is 27.8. The summed E-state index contributed by atoms with van der Waals surface area (Å²) in [6, 6.07) is 12.7. The minimum Gasteiger partial charge on any atom is -0.379 e. The third kappa shape index (κ3) is 7.28. The number of amides is 1. The molecule has 0 atom stereocenters. The number of halogens is 2. The first-order chi connectivity index (χ1) is 18.9. The molecule has 4 rings (SSSR count). The number of hydrogen-bond acceptors (Lipinski definition) is 7. The second-order valence-corrected chi connectivity index (χ2v) is 9.46. The van der Waals surface area contributed by atoms with Crippen molar-refractivity contribution in [1.82, 2.24) is 20.2 Å². The van der Waals surface area contributed by atoms with Gasteiger partial charge in [-0.25, -0.2) is 9.69 Å². The Morgan fingerprint density at radius 2 is 1.95 bits per heavy atom. The summed E-state index contributed by atoms with van der Waals surface area (Å²) in [7, 11) is 0. The van der Waals surface area contributed by atoms with E-state index in [2.05, 4.69) is 22.1 Å². The van der Waals surface area contributed by atoms with Crippen molar-refractivity contribution in [2.75, 3.05) is 32.9 Å². The maximum absolute atomic E-state index is 13.4. The van der Waals surface area contributed by atoms with Crippen LogP contribution in [0.3, 0.4) is 0 Å². The van der Waals surface area contributed by atoms with Gasteiger partial charge >= 0.3 is 0 Å². The molecule has 1 aliphatic heterocycles. The summed E-state index contributed by atoms with van der Waals surface area (Å²) in [5.74, 6) is 5.75. The summed E-state index contributed by atoms with van der Waals surface area (Å²) in [4.78, 5) is 27.9. The highest BCUT2D eigenvalue weighted by atomic mass is 35.5. The third-order valence-electron chi connectivity index (χ3n) is 5.99. The fourth-order valence-electron chi connectivity index (χ4n) is 4.14. The Bertz CT molecular complexity index is 1390. The standard InChI is InChI=1S/C27H27Cl2N5O5/c1-2-22-25(27(35)31-32-13-16-38-17-14-32)30-33(24-12-11-21(28)18-23(24)29)26(22)20-9-7-19(8-10-20)6-4-3-5-15-39-34(36)37/h7-12,18H,2-3,5,13-17H2,1H3,(H,31,35). The van der Waals surface area contributed by atoms with Gasteiger partial charge in [0.15, 0.2) is 5.69 Å². The number of morpholine rings is 1. The maximum atomic E-state index is 13.4. The molecule has 1 fully saturated rings. The number of hydrazine groups is 1. The van der Waals surface area contributed by atoms with Gasteiger partial charge < -0.3 is 9.57 Å². The van der Waals surface area contributed by atoms with Crippen molar-refractivity contribution in [3.8, 4) is 28.8 Å². The minimum absolute atomic E-state index is 0.0130. The van der Waals surface area contributed by atoms with Crippen molar-refractivity contribution in [2.45, 2.75) is 26.2 Å². The van der Waals surface area contributed by atoms with Gasteiger partial charge in [-0.1, -0.05) is 54.1 Å². The summed E-state index contributed by atoms with van der Waals surface area (Å²) in [6.07, 6.45) is 1.49. The monoisotopic (exact) mass is 571 g/mol. The molecule has 0 saturated carbocycles. The first-order valence-electron chi connectivity index (χ1n) is 12.4. The zero-order valence-corrected chi connectivity index (χ0v) is 22.8. The minimum atomic E-state index is -0.809. The van der Waals surface area contributed by atoms with Gasteiger partial charge in [0, 0.05) is 41.2 Å². The van der Waals surface area contributed by atoms with Gasteiger partial charge in [0.1, 0.15) is 0 Å². The summed E-state index contributed by atoms with van der Waals surface area (Å²) in [5, 5.41) is 16.9. The van der Waals surface area contributed by atoms with Gasteiger partial charge in [-0.05, 0) is 43.2 Å². The van der Waals surface area contributed by atoms with Crippen LogP contribution < -0.4 is 5.43 Å². The molecule has 0 unspecified atom stereocenters. The van der Waals surface area contributed by atoms with Crippen molar-refractivity contribution in [2.24, 2.45) is 0 Å². The highest BCUT2D eigenvalue weighted by Gasteiger charge is 2.26. The Kier molecular flexibility index (Phi) is 9.79. The average molecular weight is 572 g/mol. The van der Waals surface area contributed by atoms with Crippen molar-refractivity contribution >= 4 is 29.1 Å². The van der Waals surface area contributed by atoms with Crippen LogP contribution in [0, 0.1) is 22.0 Å². The van der Waals surface area contributed by atoms with Crippen LogP contribution in [0.5, 0.6) is 0 Å². The predicted molar refractivity (Wildman–Crippen MR) is 147 cm³/mol. The molecule has 0 radical (unpaired) electrons. The summed E-state index contributed by atoms with van der Waals surface area (Å²) in [5.41, 5.74) is 6.99. The second-order valence-electron chi connectivity index (χ2n) is 8.62. The van der Waals surface area contributed by atoms with Crippen LogP contribution in [0.1, 0.15) is 41.4 Å². The number of aromatic nitrogens is 2. The molecule has 12 heteroatoms. The molecular formula is C27H27Cl2N5O5. The Labute approximate surface area is 235 Å². The highest BCUT2D eigenvalue weighted by Crippen LogP contribution is 2.33. The number of hydrogen-bond donors (Lipinski definition) is 1. The summed E-state index contributed by atoms with van der Waals surface area (Å²) >= 11 is 12.7. The summed E-state index contributed by atoms with van der Waals surface area (Å²) < 4.78 is 7.06. The first kappa shape index (κ1) is 28.4. The molecule has 1 aromatic heterocycles. The molecule has 39 heavy (non-hydrogen) atoms. The number of unbranched alkanes of at least 4 members (excludes halogenated alkanes) is 1. The van der Waals surface area contributed by atoms with Crippen LogP contribution in [-0.2, 0) is 16.0 Å². The molecular weight excluding hydrogens is 545 g/mol. The van der Waals surface area contributed by atoms with E-state index in [4.69, 9.17) is 33.0 Å². The van der Waals surface area contributed by atoms with Gasteiger partial charge in [-0.15, -0.1) is 10.1 Å². The molecule has 3 aromatic rings. The van der Waals surface area contributed by atoms with Crippen molar-refractivity contribution in [3.63, 3.8) is 0 Å². The van der Waals surface area contributed by atoms with Crippen LogP contribution in [0.25, 0.3) is 16.9 Å². The van der Waals surface area contributed by atoms with E-state index in [1.165, 1.54) is 0 Å². The lowest BCUT2D eigenvalue weighted by atomic mass is 10.0. The zero-order valence-electron chi connectivity index (χ0n) is 21.3. The van der Waals surface area contributed by atoms with Gasteiger partial charge in [-0.2, -0.15) is 5.10 Å². The van der Waals surface area contributed by atoms with Gasteiger partial charge in [0.2, 0.25) is 0 Å². The molecule has 2 heterocycles. The average Bonchev–Trinajstić information content (AvgIpc) is 3.31. The molecule has 1 aliphatic rings. The molecule has 204 valence electrons. The lowest BCUT2D eigenvalue weighted by Gasteiger charge is -2.26. The van der Waals surface area contributed by atoms with E-state index in [9.17, 15) is 14.9 Å². The Morgan fingerprint density at radius 1 is 1.21 bits per heavy atom. The quantitative estimate of drug-likeness (QED) is 0.171. The molecule has 2 aromatic carbocycles. The SMILES string of the molecule is CCc1c(C(=O)NN2CCOCC2)nn(-c2ccc(Cl)cc2Cl)c1-c1ccc(C#CCCCO[N+](=O)[O-])cc1. The number of carbonyl (C=O) groups is 1. The number of carbonyl (C=O) groups excluding carboxylic acids is 1. The highest BCUT2D eigenvalue weighted by molar-refractivity contribution is 6.35. The summed E-state index contributed by atoms with van der Waals surface area (Å²) in [6.45, 7) is 4.26. The number of nitrogens with zero attached hydrogens (tertiary/aromatic N) is 4. The maximum Gasteiger partial charge on any atom is 0.294 e.